The fraction of sp³-hybridized carbons (Fsp3) is 0.462. The molecule has 1 aliphatic rings. The van der Waals surface area contributed by atoms with Gasteiger partial charge in [-0.3, -0.25) is 4.79 Å². The molecule has 1 aliphatic heterocycles. The number of ether oxygens (including phenoxy) is 1. The summed E-state index contributed by atoms with van der Waals surface area (Å²) in [4.78, 5) is 25.2. The molecule has 0 fully saturated rings. The Hall–Kier alpha value is -2.82. The fourth-order valence-corrected chi connectivity index (χ4v) is 4.10. The Kier molecular flexibility index (Phi) is 6.73. The first-order valence-electron chi connectivity index (χ1n) is 11.1. The number of rotatable bonds is 8. The molecular weight excluding hydrogens is 392 g/mol. The minimum absolute atomic E-state index is 0.0760. The highest BCUT2D eigenvalue weighted by atomic mass is 16.5. The molecular formula is C26H32O5. The average Bonchev–Trinajstić information content (AvgIpc) is 2.67. The molecule has 3 rings (SSSR count). The van der Waals surface area contributed by atoms with Crippen LogP contribution in [0.3, 0.4) is 0 Å². The number of carbonyl (C=O) groups excluding carboxylic acids is 1. The predicted octanol–water partition coefficient (Wildman–Crippen LogP) is 6.34. The number of hydrogen-bond donors (Lipinski definition) is 1. The van der Waals surface area contributed by atoms with Crippen molar-refractivity contribution < 1.29 is 19.1 Å². The van der Waals surface area contributed by atoms with E-state index in [2.05, 4.69) is 19.9 Å². The number of hydrogen-bond acceptors (Lipinski definition) is 5. The van der Waals surface area contributed by atoms with Gasteiger partial charge in [0, 0.05) is 12.5 Å². The molecule has 1 aromatic carbocycles. The van der Waals surface area contributed by atoms with Gasteiger partial charge in [0.2, 0.25) is 0 Å². The van der Waals surface area contributed by atoms with Crippen LogP contribution in [0, 0.1) is 0 Å². The predicted molar refractivity (Wildman–Crippen MR) is 124 cm³/mol. The summed E-state index contributed by atoms with van der Waals surface area (Å²) in [5.41, 5.74) is 1.60. The van der Waals surface area contributed by atoms with Gasteiger partial charge in [-0.25, -0.2) is 4.79 Å². The molecule has 1 aromatic heterocycles. The molecule has 1 atom stereocenters. The van der Waals surface area contributed by atoms with Crippen LogP contribution in [-0.2, 0) is 6.42 Å². The van der Waals surface area contributed by atoms with E-state index in [9.17, 15) is 14.7 Å². The summed E-state index contributed by atoms with van der Waals surface area (Å²) in [6.45, 7) is 10.1. The first-order chi connectivity index (χ1) is 14.7. The first kappa shape index (κ1) is 22.9. The summed E-state index contributed by atoms with van der Waals surface area (Å²) in [5.74, 6) is 0.0604. The van der Waals surface area contributed by atoms with Gasteiger partial charge >= 0.3 is 5.63 Å². The smallest absolute Gasteiger partial charge is 0.336 e. The third-order valence-corrected chi connectivity index (χ3v) is 5.64. The van der Waals surface area contributed by atoms with Gasteiger partial charge < -0.3 is 14.3 Å². The largest absolute Gasteiger partial charge is 0.506 e. The van der Waals surface area contributed by atoms with Crippen LogP contribution < -0.4 is 10.4 Å². The minimum atomic E-state index is -0.577. The molecule has 31 heavy (non-hydrogen) atoms. The number of benzene rings is 1. The molecule has 166 valence electrons. The van der Waals surface area contributed by atoms with Crippen molar-refractivity contribution in [3.63, 3.8) is 0 Å². The van der Waals surface area contributed by atoms with Crippen LogP contribution in [0.5, 0.6) is 11.5 Å². The Bertz CT molecular complexity index is 1120. The maximum absolute atomic E-state index is 12.9. The maximum Gasteiger partial charge on any atom is 0.336 e. The molecule has 5 nitrogen and oxygen atoms in total. The number of ketones is 1. The zero-order valence-electron chi connectivity index (χ0n) is 19.1. The third kappa shape index (κ3) is 4.60. The average molecular weight is 425 g/mol. The van der Waals surface area contributed by atoms with Crippen LogP contribution in [0.15, 0.2) is 33.0 Å². The van der Waals surface area contributed by atoms with Crippen molar-refractivity contribution in [3.05, 3.63) is 50.9 Å². The van der Waals surface area contributed by atoms with Crippen LogP contribution in [0.2, 0.25) is 0 Å². The number of phenols is 1. The van der Waals surface area contributed by atoms with Gasteiger partial charge in [-0.2, -0.15) is 0 Å². The van der Waals surface area contributed by atoms with E-state index in [1.165, 1.54) is 11.6 Å². The normalized spacial score (nSPS) is 17.3. The van der Waals surface area contributed by atoms with E-state index in [1.54, 1.807) is 0 Å². The van der Waals surface area contributed by atoms with Crippen molar-refractivity contribution in [2.24, 2.45) is 0 Å². The number of allylic oxidation sites excluding steroid dienone is 2. The Morgan fingerprint density at radius 3 is 2.61 bits per heavy atom. The second-order valence-electron chi connectivity index (χ2n) is 8.75. The zero-order valence-corrected chi connectivity index (χ0v) is 19.1. The van der Waals surface area contributed by atoms with Crippen molar-refractivity contribution in [2.45, 2.75) is 78.7 Å². The van der Waals surface area contributed by atoms with E-state index in [0.717, 1.165) is 24.8 Å². The van der Waals surface area contributed by atoms with Gasteiger partial charge in [-0.05, 0) is 64.2 Å². The highest BCUT2D eigenvalue weighted by Gasteiger charge is 2.34. The second-order valence-corrected chi connectivity index (χ2v) is 8.75. The van der Waals surface area contributed by atoms with Crippen molar-refractivity contribution in [2.75, 3.05) is 0 Å². The van der Waals surface area contributed by atoms with Crippen molar-refractivity contribution in [1.29, 1.82) is 0 Å². The van der Waals surface area contributed by atoms with E-state index in [4.69, 9.17) is 9.15 Å². The molecule has 0 amide bonds. The van der Waals surface area contributed by atoms with E-state index in [-0.39, 0.29) is 29.1 Å². The topological polar surface area (TPSA) is 76.7 Å². The molecule has 2 heterocycles. The van der Waals surface area contributed by atoms with E-state index in [0.29, 0.717) is 29.5 Å². The highest BCUT2D eigenvalue weighted by Crippen LogP contribution is 2.47. The fourth-order valence-electron chi connectivity index (χ4n) is 4.10. The summed E-state index contributed by atoms with van der Waals surface area (Å²) in [6.07, 6.45) is 9.90. The standard InChI is InChI=1S/C26H32O5/c1-6-9-17-15-20(28)30-25-21(17)24-18(23(29)22(25)19(27)10-7-2)12-14-26(5,31-24)13-8-11-16(3)4/h11-12,14-15,29H,6-10,13H2,1-5H3. The Labute approximate surface area is 183 Å². The van der Waals surface area contributed by atoms with Gasteiger partial charge in [0.1, 0.15) is 22.7 Å². The molecule has 0 saturated heterocycles. The monoisotopic (exact) mass is 424 g/mol. The molecule has 1 unspecified atom stereocenters. The molecule has 0 aliphatic carbocycles. The van der Waals surface area contributed by atoms with Crippen LogP contribution >= 0.6 is 0 Å². The van der Waals surface area contributed by atoms with Crippen LogP contribution in [0.1, 0.15) is 88.2 Å². The molecule has 0 bridgehead atoms. The summed E-state index contributed by atoms with van der Waals surface area (Å²) < 4.78 is 12.0. The lowest BCUT2D eigenvalue weighted by atomic mass is 9.89. The van der Waals surface area contributed by atoms with Gasteiger partial charge in [0.05, 0.1) is 10.9 Å². The lowest BCUT2D eigenvalue weighted by Crippen LogP contribution is -2.32. The SMILES string of the molecule is CCCC(=O)c1c(O)c2c(c3c(CCC)cc(=O)oc13)OC(C)(CCC=C(C)C)C=C2. The number of aromatic hydroxyl groups is 1. The highest BCUT2D eigenvalue weighted by molar-refractivity contribution is 6.12. The molecule has 0 radical (unpaired) electrons. The summed E-state index contributed by atoms with van der Waals surface area (Å²) in [5, 5.41) is 11.7. The number of carbonyl (C=O) groups is 1. The van der Waals surface area contributed by atoms with Gasteiger partial charge in [0.25, 0.3) is 0 Å². The van der Waals surface area contributed by atoms with Gasteiger partial charge in [-0.15, -0.1) is 0 Å². The third-order valence-electron chi connectivity index (χ3n) is 5.64. The first-order valence-corrected chi connectivity index (χ1v) is 11.1. The van der Waals surface area contributed by atoms with Crippen LogP contribution in [0.25, 0.3) is 17.0 Å². The lowest BCUT2D eigenvalue weighted by molar-refractivity contribution is 0.0979. The molecule has 2 aromatic rings. The van der Waals surface area contributed by atoms with E-state index < -0.39 is 11.2 Å². The molecule has 0 spiro atoms. The number of fused-ring (bicyclic) bond motifs is 3. The van der Waals surface area contributed by atoms with Crippen LogP contribution in [-0.4, -0.2) is 16.5 Å². The van der Waals surface area contributed by atoms with E-state index >= 15 is 0 Å². The number of Topliss-reactive ketones (excluding diaryl/α,β-unsaturated/α-hetero) is 1. The number of phenolic OH excluding ortho intramolecular Hbond substituents is 1. The molecule has 5 heteroatoms. The van der Waals surface area contributed by atoms with Crippen molar-refractivity contribution >= 4 is 22.8 Å². The molecule has 1 N–H and O–H groups in total. The van der Waals surface area contributed by atoms with Crippen molar-refractivity contribution in [3.8, 4) is 11.5 Å². The number of aryl methyl sites for hydroxylation is 1. The molecule has 0 saturated carbocycles. The van der Waals surface area contributed by atoms with Gasteiger partial charge in [-0.1, -0.05) is 31.9 Å². The Balaban J connectivity index is 2.27. The van der Waals surface area contributed by atoms with Crippen LogP contribution in [0.4, 0.5) is 0 Å². The maximum atomic E-state index is 12.9. The summed E-state index contributed by atoms with van der Waals surface area (Å²) in [6, 6.07) is 1.47. The van der Waals surface area contributed by atoms with E-state index in [1.807, 2.05) is 32.9 Å². The quantitative estimate of drug-likeness (QED) is 0.304. The Morgan fingerprint density at radius 2 is 1.97 bits per heavy atom. The van der Waals surface area contributed by atoms with Gasteiger partial charge in [0.15, 0.2) is 11.4 Å². The Morgan fingerprint density at radius 1 is 1.23 bits per heavy atom. The second kappa shape index (κ2) is 9.13. The summed E-state index contributed by atoms with van der Waals surface area (Å²) >= 11 is 0. The lowest BCUT2D eigenvalue weighted by Gasteiger charge is -2.33. The summed E-state index contributed by atoms with van der Waals surface area (Å²) in [7, 11) is 0. The zero-order chi connectivity index (χ0) is 22.8. The minimum Gasteiger partial charge on any atom is -0.506 e. The van der Waals surface area contributed by atoms with Crippen molar-refractivity contribution in [1.82, 2.24) is 0 Å².